The van der Waals surface area contributed by atoms with Crippen molar-refractivity contribution in [2.45, 2.75) is 15.6 Å². The average Bonchev–Trinajstić information content (AvgIpc) is 1.99. The Balaban J connectivity index is 3.95. The highest BCUT2D eigenvalue weighted by Crippen LogP contribution is 2.38. The van der Waals surface area contributed by atoms with Gasteiger partial charge in [0, 0.05) is 5.75 Å². The quantitative estimate of drug-likeness (QED) is 0.758. The number of hydrogen-bond donors (Lipinski definition) is 2. The average molecular weight is 299 g/mol. The molecule has 0 saturated carbocycles. The Bertz CT molecular complexity index is 195. The Morgan fingerprint density at radius 3 is 2.54 bits per heavy atom. The lowest BCUT2D eigenvalue weighted by atomic mass is 10.4. The number of carboxylic acids is 1. The molecule has 1 unspecified atom stereocenters. The molecule has 8 heteroatoms. The van der Waals surface area contributed by atoms with Crippen molar-refractivity contribution < 1.29 is 18.7 Å². The number of carboxylic acid groups (broad SMARTS) is 1. The van der Waals surface area contributed by atoms with Gasteiger partial charge in [-0.05, 0) is 0 Å². The SMILES string of the molecule is N[C@@H](CSC(F)(F)C(Cl)Br)C(=O)O. The van der Waals surface area contributed by atoms with Gasteiger partial charge in [-0.3, -0.25) is 4.79 Å². The van der Waals surface area contributed by atoms with Crippen LogP contribution in [-0.2, 0) is 4.79 Å². The standard InChI is InChI=1S/C5H7BrClF2NO2S/c6-4(7)5(8,9)13-1-2(10)3(11)12/h2,4H,1,10H2,(H,11,12)/t2-,4?/m0/s1. The lowest BCUT2D eigenvalue weighted by Gasteiger charge is -2.17. The Morgan fingerprint density at radius 2 is 2.23 bits per heavy atom. The van der Waals surface area contributed by atoms with Crippen molar-refractivity contribution in [3.63, 3.8) is 0 Å². The molecular weight excluding hydrogens is 291 g/mol. The lowest BCUT2D eigenvalue weighted by Crippen LogP contribution is -2.35. The van der Waals surface area contributed by atoms with E-state index in [0.29, 0.717) is 0 Å². The summed E-state index contributed by atoms with van der Waals surface area (Å²) in [6.45, 7) is 0. The van der Waals surface area contributed by atoms with Crippen LogP contribution in [0.15, 0.2) is 0 Å². The smallest absolute Gasteiger partial charge is 0.321 e. The second-order valence-electron chi connectivity index (χ2n) is 2.12. The Kier molecular flexibility index (Phi) is 5.50. The molecule has 0 radical (unpaired) electrons. The molecular formula is C5H7BrClF2NO2S. The van der Waals surface area contributed by atoms with Crippen LogP contribution in [0.2, 0.25) is 0 Å². The van der Waals surface area contributed by atoms with Crippen molar-refractivity contribution >= 4 is 45.3 Å². The molecule has 0 rings (SSSR count). The highest BCUT2D eigenvalue weighted by molar-refractivity contribution is 9.10. The third kappa shape index (κ3) is 4.99. The van der Waals surface area contributed by atoms with E-state index in [-0.39, 0.29) is 11.8 Å². The summed E-state index contributed by atoms with van der Waals surface area (Å²) in [6, 6.07) is -1.31. The molecule has 3 nitrogen and oxygen atoms in total. The first-order valence-corrected chi connectivity index (χ1v) is 5.39. The van der Waals surface area contributed by atoms with Gasteiger partial charge in [-0.2, -0.15) is 8.78 Å². The first-order chi connectivity index (χ1) is 5.77. The van der Waals surface area contributed by atoms with E-state index in [0.717, 1.165) is 0 Å². The van der Waals surface area contributed by atoms with Crippen molar-refractivity contribution in [1.29, 1.82) is 0 Å². The van der Waals surface area contributed by atoms with Gasteiger partial charge < -0.3 is 10.8 Å². The molecule has 0 fully saturated rings. The van der Waals surface area contributed by atoms with Gasteiger partial charge >= 0.3 is 11.2 Å². The molecule has 2 atom stereocenters. The topological polar surface area (TPSA) is 63.3 Å². The molecule has 0 aliphatic carbocycles. The molecule has 0 heterocycles. The van der Waals surface area contributed by atoms with Gasteiger partial charge in [-0.25, -0.2) is 0 Å². The maximum Gasteiger partial charge on any atom is 0.321 e. The minimum Gasteiger partial charge on any atom is -0.480 e. The van der Waals surface area contributed by atoms with Crippen LogP contribution in [-0.4, -0.2) is 32.4 Å². The number of halogens is 4. The zero-order chi connectivity index (χ0) is 10.6. The summed E-state index contributed by atoms with van der Waals surface area (Å²) in [7, 11) is 0. The van der Waals surface area contributed by atoms with Crippen LogP contribution in [0.25, 0.3) is 0 Å². The molecule has 0 spiro atoms. The third-order valence-electron chi connectivity index (χ3n) is 1.03. The van der Waals surface area contributed by atoms with E-state index in [1.54, 1.807) is 0 Å². The van der Waals surface area contributed by atoms with Crippen LogP contribution in [0.5, 0.6) is 0 Å². The first-order valence-electron chi connectivity index (χ1n) is 3.05. The molecule has 0 saturated heterocycles. The maximum atomic E-state index is 12.7. The summed E-state index contributed by atoms with van der Waals surface area (Å²) in [5, 5.41) is 5.06. The fourth-order valence-corrected chi connectivity index (χ4v) is 1.59. The molecule has 0 amide bonds. The minimum absolute atomic E-state index is 0.105. The Morgan fingerprint density at radius 1 is 1.77 bits per heavy atom. The molecule has 0 aromatic carbocycles. The van der Waals surface area contributed by atoms with E-state index in [4.69, 9.17) is 22.4 Å². The maximum absolute atomic E-state index is 12.7. The molecule has 78 valence electrons. The van der Waals surface area contributed by atoms with E-state index in [9.17, 15) is 13.6 Å². The molecule has 0 aliphatic heterocycles. The van der Waals surface area contributed by atoms with Crippen LogP contribution in [0.3, 0.4) is 0 Å². The molecule has 3 N–H and O–H groups in total. The number of aliphatic carboxylic acids is 1. The number of nitrogens with two attached hydrogens (primary N) is 1. The third-order valence-corrected chi connectivity index (χ3v) is 3.45. The second-order valence-corrected chi connectivity index (χ2v) is 5.16. The van der Waals surface area contributed by atoms with Gasteiger partial charge in [-0.15, -0.1) is 11.6 Å². The summed E-state index contributed by atoms with van der Waals surface area (Å²) in [6.07, 6.45) is 0. The van der Waals surface area contributed by atoms with E-state index in [1.807, 2.05) is 0 Å². The zero-order valence-electron chi connectivity index (χ0n) is 6.21. The van der Waals surface area contributed by atoms with Gasteiger partial charge in [0.15, 0.2) is 4.29 Å². The van der Waals surface area contributed by atoms with Crippen molar-refractivity contribution in [1.82, 2.24) is 0 Å². The highest BCUT2D eigenvalue weighted by Gasteiger charge is 2.38. The fourth-order valence-electron chi connectivity index (χ4n) is 0.335. The van der Waals surface area contributed by atoms with Crippen LogP contribution >= 0.6 is 39.3 Å². The number of alkyl halides is 4. The van der Waals surface area contributed by atoms with Crippen LogP contribution in [0.1, 0.15) is 0 Å². The fraction of sp³-hybridized carbons (Fsp3) is 0.800. The molecule has 13 heavy (non-hydrogen) atoms. The predicted molar refractivity (Wildman–Crippen MR) is 51.6 cm³/mol. The van der Waals surface area contributed by atoms with Crippen molar-refractivity contribution in [2.24, 2.45) is 5.73 Å². The van der Waals surface area contributed by atoms with Gasteiger partial charge in [-0.1, -0.05) is 27.7 Å². The summed E-state index contributed by atoms with van der Waals surface area (Å²) in [4.78, 5) is 10.2. The van der Waals surface area contributed by atoms with Gasteiger partial charge in [0.25, 0.3) is 0 Å². The Labute approximate surface area is 91.1 Å². The number of rotatable bonds is 5. The zero-order valence-corrected chi connectivity index (χ0v) is 9.37. The number of hydrogen-bond acceptors (Lipinski definition) is 3. The summed E-state index contributed by atoms with van der Waals surface area (Å²) in [5.74, 6) is -1.71. The predicted octanol–water partition coefficient (Wildman–Crippen LogP) is 1.68. The number of thioether (sulfide) groups is 1. The normalized spacial score (nSPS) is 16.7. The summed E-state index contributed by atoms with van der Waals surface area (Å²) in [5.41, 5.74) is 5.01. The van der Waals surface area contributed by atoms with E-state index >= 15 is 0 Å². The Hall–Kier alpha value is 0.410. The van der Waals surface area contributed by atoms with Crippen LogP contribution in [0.4, 0.5) is 8.78 Å². The second kappa shape index (κ2) is 5.33. The minimum atomic E-state index is -3.23. The van der Waals surface area contributed by atoms with Gasteiger partial charge in [0.1, 0.15) is 6.04 Å². The van der Waals surface area contributed by atoms with E-state index < -0.39 is 27.3 Å². The van der Waals surface area contributed by atoms with Gasteiger partial charge in [0.2, 0.25) is 0 Å². The van der Waals surface area contributed by atoms with Crippen LogP contribution in [0, 0.1) is 0 Å². The van der Waals surface area contributed by atoms with Gasteiger partial charge in [0.05, 0.1) is 0 Å². The highest BCUT2D eigenvalue weighted by atomic mass is 79.9. The first kappa shape index (κ1) is 13.4. The number of carbonyl (C=O) groups is 1. The van der Waals surface area contributed by atoms with Crippen molar-refractivity contribution in [2.75, 3.05) is 5.75 Å². The van der Waals surface area contributed by atoms with E-state index in [1.165, 1.54) is 0 Å². The van der Waals surface area contributed by atoms with Crippen LogP contribution < -0.4 is 5.73 Å². The summed E-state index contributed by atoms with van der Waals surface area (Å²) >= 11 is 7.68. The monoisotopic (exact) mass is 297 g/mol. The van der Waals surface area contributed by atoms with E-state index in [2.05, 4.69) is 15.9 Å². The molecule has 0 aliphatic rings. The summed E-state index contributed by atoms with van der Waals surface area (Å²) < 4.78 is 23.9. The lowest BCUT2D eigenvalue weighted by molar-refractivity contribution is -0.137. The largest absolute Gasteiger partial charge is 0.480 e. The molecule has 0 aromatic heterocycles. The molecule has 0 aromatic rings. The van der Waals surface area contributed by atoms with Crippen molar-refractivity contribution in [3.8, 4) is 0 Å². The molecule has 0 bridgehead atoms. The van der Waals surface area contributed by atoms with Crippen molar-refractivity contribution in [3.05, 3.63) is 0 Å².